The second-order valence-electron chi connectivity index (χ2n) is 41.0. The summed E-state index contributed by atoms with van der Waals surface area (Å²) in [6, 6.07) is 61.4. The van der Waals surface area contributed by atoms with Gasteiger partial charge < -0.3 is 89.9 Å². The molecule has 33 nitrogen and oxygen atoms in total. The van der Waals surface area contributed by atoms with Crippen molar-refractivity contribution in [3.8, 4) is 68.1 Å². The van der Waals surface area contributed by atoms with E-state index in [1.54, 1.807) is 51.3 Å². The molecule has 5 aromatic carbocycles. The highest BCUT2D eigenvalue weighted by molar-refractivity contribution is 6.05. The molecule has 17 N–H and O–H groups in total. The van der Waals surface area contributed by atoms with E-state index >= 15 is 0 Å². The van der Waals surface area contributed by atoms with Crippen molar-refractivity contribution < 1.29 is 38.2 Å². The number of ether oxygens (including phenoxy) is 3. The molecule has 4 saturated heterocycles. The summed E-state index contributed by atoms with van der Waals surface area (Å²) in [6.45, 7) is 21.9. The van der Waals surface area contributed by atoms with Gasteiger partial charge in [-0.05, 0) is 262 Å². The van der Waals surface area contributed by atoms with E-state index in [4.69, 9.17) is 48.1 Å². The van der Waals surface area contributed by atoms with Crippen molar-refractivity contribution in [2.75, 3.05) is 155 Å². The number of amides is 5. The van der Waals surface area contributed by atoms with E-state index in [2.05, 4.69) is 155 Å². The van der Waals surface area contributed by atoms with Crippen molar-refractivity contribution in [3.05, 3.63) is 235 Å². The van der Waals surface area contributed by atoms with Gasteiger partial charge in [-0.15, -0.1) is 0 Å². The number of rotatable bonds is 23. The number of pyridine rings is 10. The highest BCUT2D eigenvalue weighted by Gasteiger charge is 2.63. The molecule has 10 atom stereocenters. The van der Waals surface area contributed by atoms with Gasteiger partial charge in [-0.3, -0.25) is 24.0 Å². The van der Waals surface area contributed by atoms with Crippen LogP contribution in [-0.2, 0) is 33.4 Å². The highest BCUT2D eigenvalue weighted by Crippen LogP contribution is 2.61. The van der Waals surface area contributed by atoms with Crippen molar-refractivity contribution in [2.45, 2.75) is 92.4 Å². The molecule has 0 unspecified atom stereocenters. The molecule has 33 heteroatoms. The molecular weight excluding hydrogens is 1860 g/mol. The van der Waals surface area contributed by atoms with E-state index in [0.717, 1.165) is 257 Å². The van der Waals surface area contributed by atoms with Crippen LogP contribution < -0.4 is 70.6 Å². The van der Waals surface area contributed by atoms with Crippen LogP contribution >= 0.6 is 0 Å². The number of nitrogen functional groups attached to an aromatic ring is 5. The molecule has 5 saturated carbocycles. The summed E-state index contributed by atoms with van der Waals surface area (Å²) in [5, 5.41) is 38.8. The lowest BCUT2D eigenvalue weighted by Crippen LogP contribution is -2.26. The van der Waals surface area contributed by atoms with Gasteiger partial charge in [-0.25, -0.2) is 49.8 Å². The molecule has 4 aliphatic heterocycles. The molecule has 15 aromatic rings. The standard InChI is InChI=1S/2C25H29N5O2.2C22H23N5O.C21H19N5O2/c2*1-16-5-3-4-6-18(16)21-11-17-12-22(27-14-19(17)23(26)28-21)29-24(31)20-13-25(20)7-8-30(15-25)9-10-32-2;2*1-13-4-2-3-5-15(13)18-8-14-9-19(25-11-16(14)20(23)26-18)27-21(28)17-10-22(17)6-7-24-12-22;1-2-28-18-6-4-3-5-14(18)17-8-12-9-19(24-11-16(12)20(23)25-17)26-21(27)15-7-13(15)10-22/h2*3-6,11-12,14,20H,7-10,13,15H2,1-2H3,(H2,26,28)(H,27,29,31);2*2-5,8-9,11,17,24H,6-7,10,12H2,1H3,(H2,23,26)(H,25,27,28);3-6,8-9,11,13,15H,2,7H2,1H3,(H2,23,25)(H,24,26,27)/t20-,25+;20-,25-;17-,22+;17-,22-;13-,15+/m10101/s1. The number of carbonyl (C=O) groups is 5. The number of nitrogens with zero attached hydrogens (tertiary/aromatic N) is 13. The Hall–Kier alpha value is -15.7. The van der Waals surface area contributed by atoms with Crippen LogP contribution in [0.4, 0.5) is 58.2 Å². The van der Waals surface area contributed by atoms with Crippen LogP contribution in [0.2, 0.25) is 0 Å². The maximum atomic E-state index is 13.0. The number of hydrogen-bond acceptors (Lipinski definition) is 28. The lowest BCUT2D eigenvalue weighted by atomic mass is 10.0. The Morgan fingerprint density at radius 1 is 0.392 bits per heavy atom. The molecule has 756 valence electrons. The molecule has 148 heavy (non-hydrogen) atoms. The van der Waals surface area contributed by atoms with Crippen molar-refractivity contribution in [1.82, 2.24) is 70.3 Å². The number of hydrogen-bond donors (Lipinski definition) is 12. The van der Waals surface area contributed by atoms with Crippen LogP contribution in [0, 0.1) is 96.2 Å². The third-order valence-electron chi connectivity index (χ3n) is 31.2. The van der Waals surface area contributed by atoms with Gasteiger partial charge in [0.05, 0.1) is 66.2 Å². The molecule has 0 radical (unpaired) electrons. The number of likely N-dealkylation sites (tertiary alicyclic amines) is 2. The minimum atomic E-state index is -0.251. The number of aromatic nitrogens is 10. The first-order chi connectivity index (χ1) is 71.7. The molecular formula is C115H123N25O8. The SMILES string of the molecule is CCOc1ccccc1-c1cc2cc(NC(=O)[C@H]3C[C@@H]3C#N)ncc2c(N)n1.COCCN1CC[C@]2(C[C@@H]2C(=O)Nc2cc3cc(-c4ccccc4C)nc(N)c3cn2)C1.COCCN1CC[C@]2(C[C@H]2C(=O)Nc2cc3cc(-c4ccccc4C)nc(N)c3cn2)C1.Cc1ccccc1-c1cc2cc(NC(=O)[C@@H]3C[C@]34CCNC4)ncc2c(N)n1.Cc1ccccc1-c1cc2cc(NC(=O)[C@H]3C[C@]34CCNC4)ncc2c(N)n1. The lowest BCUT2D eigenvalue weighted by Gasteiger charge is -2.15. The summed E-state index contributed by atoms with van der Waals surface area (Å²) in [4.78, 5) is 113. The van der Waals surface area contributed by atoms with E-state index in [0.29, 0.717) is 82.3 Å². The average molecular weight is 1980 g/mol. The van der Waals surface area contributed by atoms with Crippen LogP contribution in [0.1, 0.15) is 87.0 Å². The lowest BCUT2D eigenvalue weighted by molar-refractivity contribution is -0.118. The Labute approximate surface area is 858 Å². The molecule has 9 aliphatic rings. The van der Waals surface area contributed by atoms with Gasteiger partial charge in [0.1, 0.15) is 63.9 Å². The fourth-order valence-electron chi connectivity index (χ4n) is 22.0. The van der Waals surface area contributed by atoms with E-state index < -0.39 is 0 Å². The Kier molecular flexibility index (Phi) is 28.3. The maximum absolute atomic E-state index is 13.0. The summed E-state index contributed by atoms with van der Waals surface area (Å²) in [5.74, 6) is 5.43. The topological polar surface area (TPSA) is 487 Å². The zero-order valence-electron chi connectivity index (χ0n) is 84.2. The van der Waals surface area contributed by atoms with Gasteiger partial charge in [-0.2, -0.15) is 5.26 Å². The van der Waals surface area contributed by atoms with Crippen LogP contribution in [-0.4, -0.2) is 189 Å². The number of methoxy groups -OCH3 is 2. The number of para-hydroxylation sites is 1. The number of aryl methyl sites for hydroxylation is 4. The van der Waals surface area contributed by atoms with Gasteiger partial charge in [0.15, 0.2) is 0 Å². The third kappa shape index (κ3) is 21.4. The van der Waals surface area contributed by atoms with Crippen molar-refractivity contribution in [3.63, 3.8) is 0 Å². The summed E-state index contributed by atoms with van der Waals surface area (Å²) >= 11 is 0. The Morgan fingerprint density at radius 3 is 0.959 bits per heavy atom. The molecule has 0 bridgehead atoms. The fourth-order valence-corrected chi connectivity index (χ4v) is 22.0. The second-order valence-corrected chi connectivity index (χ2v) is 41.0. The summed E-state index contributed by atoms with van der Waals surface area (Å²) in [5.41, 5.74) is 45.1. The van der Waals surface area contributed by atoms with E-state index in [1.807, 2.05) is 159 Å². The Balaban J connectivity index is 0.000000112. The van der Waals surface area contributed by atoms with Gasteiger partial charge in [0, 0.05) is 163 Å². The summed E-state index contributed by atoms with van der Waals surface area (Å²) < 4.78 is 16.1. The highest BCUT2D eigenvalue weighted by atomic mass is 16.5. The predicted octanol–water partition coefficient (Wildman–Crippen LogP) is 16.6. The number of nitrogens with one attached hydrogen (secondary N) is 7. The number of nitrogens with two attached hydrogens (primary N) is 5. The monoisotopic (exact) mass is 1980 g/mol. The largest absolute Gasteiger partial charge is 0.493 e. The zero-order valence-corrected chi connectivity index (χ0v) is 84.2. The van der Waals surface area contributed by atoms with Gasteiger partial charge in [-0.1, -0.05) is 109 Å². The van der Waals surface area contributed by atoms with Gasteiger partial charge >= 0.3 is 0 Å². The van der Waals surface area contributed by atoms with E-state index in [1.165, 1.54) is 0 Å². The Morgan fingerprint density at radius 2 is 0.676 bits per heavy atom. The number of fused-ring (bicyclic) bond motifs is 5. The molecule has 4 spiro atoms. The fraction of sp³-hybridized carbons (Fsp3) is 0.339. The van der Waals surface area contributed by atoms with Crippen molar-refractivity contribution >= 4 is 142 Å². The van der Waals surface area contributed by atoms with Crippen molar-refractivity contribution in [1.29, 1.82) is 5.26 Å². The molecule has 24 rings (SSSR count). The normalized spacial score (nSPS) is 21.9. The first-order valence-corrected chi connectivity index (χ1v) is 50.8. The predicted molar refractivity (Wildman–Crippen MR) is 580 cm³/mol. The quantitative estimate of drug-likeness (QED) is 0.0283. The molecule has 14 heterocycles. The van der Waals surface area contributed by atoms with Gasteiger partial charge in [0.25, 0.3) is 0 Å². The van der Waals surface area contributed by atoms with Crippen LogP contribution in [0.3, 0.4) is 0 Å². The zero-order chi connectivity index (χ0) is 103. The minimum Gasteiger partial charge on any atom is -0.493 e. The minimum absolute atomic E-state index is 0.0533. The summed E-state index contributed by atoms with van der Waals surface area (Å²) in [6.07, 6.45) is 17.1. The van der Waals surface area contributed by atoms with Crippen LogP contribution in [0.25, 0.3) is 110 Å². The number of carbonyl (C=O) groups excluding carboxylic acids is 5. The molecule has 9 fully saturated rings. The first kappa shape index (κ1) is 99.6. The Bertz CT molecular complexity index is 7360. The smallest absolute Gasteiger partial charge is 0.230 e. The van der Waals surface area contributed by atoms with Gasteiger partial charge in [0.2, 0.25) is 29.5 Å². The van der Waals surface area contributed by atoms with Crippen LogP contribution in [0.5, 0.6) is 5.75 Å². The molecule has 5 amide bonds. The number of nitriles is 1. The number of benzene rings is 5. The van der Waals surface area contributed by atoms with Crippen LogP contribution in [0.15, 0.2) is 213 Å². The number of anilines is 10. The first-order valence-electron chi connectivity index (χ1n) is 50.8. The van der Waals surface area contributed by atoms with Crippen molar-refractivity contribution in [2.24, 2.45) is 57.2 Å². The van der Waals surface area contributed by atoms with E-state index in [-0.39, 0.29) is 86.7 Å². The van der Waals surface area contributed by atoms with E-state index in [9.17, 15) is 24.0 Å². The molecule has 10 aromatic heterocycles. The molecule has 5 aliphatic carbocycles. The second kappa shape index (κ2) is 42.0. The summed E-state index contributed by atoms with van der Waals surface area (Å²) in [7, 11) is 3.45. The average Bonchev–Trinajstić information content (AvgIpc) is 1.57. The maximum Gasteiger partial charge on any atom is 0.230 e. The third-order valence-corrected chi connectivity index (χ3v) is 31.2.